The van der Waals surface area contributed by atoms with Gasteiger partial charge < -0.3 is 14.9 Å². The molecule has 3 atom stereocenters. The minimum atomic E-state index is -1.95. The van der Waals surface area contributed by atoms with Gasteiger partial charge in [0.05, 0.1) is 16.0 Å². The summed E-state index contributed by atoms with van der Waals surface area (Å²) in [5, 5.41) is 41.7. The molecule has 2 N–H and O–H groups in total. The maximum Gasteiger partial charge on any atom is 0.352 e. The number of allylic oxidation sites excluding steroid dienone is 1. The molecule has 1 rings (SSSR count). The molecule has 152 valence electrons. The zero-order valence-electron chi connectivity index (χ0n) is 15.4. The number of Topliss-reactive ketones (excluding diaryl/α,β-unsaturated/α-hetero) is 1. The van der Waals surface area contributed by atoms with E-state index >= 15 is 0 Å². The van der Waals surface area contributed by atoms with Gasteiger partial charge in [-0.25, -0.2) is 0 Å². The van der Waals surface area contributed by atoms with Gasteiger partial charge in [-0.05, 0) is 20.3 Å². The Hall–Kier alpha value is -3.50. The standard InChI is InChI=1S/C17H20N2O9/c1-4-9(2)28-17(23)13(10(3)20)14(15(16(21)22)19(26)27)11-7-5-6-8-12(11)18(24)25/h5-9,13-14,21-22H,4H2,1-3H3. The Labute approximate surface area is 159 Å². The highest BCUT2D eigenvalue weighted by Gasteiger charge is 2.47. The first-order valence-electron chi connectivity index (χ1n) is 8.23. The average Bonchev–Trinajstić information content (AvgIpc) is 2.59. The van der Waals surface area contributed by atoms with E-state index in [2.05, 4.69) is 0 Å². The first-order chi connectivity index (χ1) is 13.0. The lowest BCUT2D eigenvalue weighted by molar-refractivity contribution is -0.437. The van der Waals surface area contributed by atoms with Gasteiger partial charge in [0.2, 0.25) is 0 Å². The number of rotatable bonds is 9. The Kier molecular flexibility index (Phi) is 7.60. The second kappa shape index (κ2) is 9.44. The Morgan fingerprint density at radius 2 is 1.75 bits per heavy atom. The Morgan fingerprint density at radius 3 is 2.18 bits per heavy atom. The molecule has 11 heteroatoms. The molecule has 1 aromatic rings. The summed E-state index contributed by atoms with van der Waals surface area (Å²) in [5.41, 5.74) is -2.35. The van der Waals surface area contributed by atoms with Gasteiger partial charge in [-0.2, -0.15) is 0 Å². The van der Waals surface area contributed by atoms with E-state index in [1.165, 1.54) is 19.1 Å². The van der Waals surface area contributed by atoms with Crippen LogP contribution in [-0.4, -0.2) is 37.9 Å². The van der Waals surface area contributed by atoms with Crippen LogP contribution in [-0.2, 0) is 14.3 Å². The lowest BCUT2D eigenvalue weighted by Crippen LogP contribution is -2.35. The molecule has 1 aromatic carbocycles. The number of nitro groups is 2. The second-order valence-electron chi connectivity index (χ2n) is 6.00. The first-order valence-corrected chi connectivity index (χ1v) is 8.23. The summed E-state index contributed by atoms with van der Waals surface area (Å²) in [4.78, 5) is 45.6. The van der Waals surface area contributed by atoms with Crippen LogP contribution >= 0.6 is 0 Å². The van der Waals surface area contributed by atoms with Crippen LogP contribution < -0.4 is 0 Å². The van der Waals surface area contributed by atoms with Crippen LogP contribution in [0.3, 0.4) is 0 Å². The highest BCUT2D eigenvalue weighted by atomic mass is 16.6. The van der Waals surface area contributed by atoms with Crippen molar-refractivity contribution in [1.82, 2.24) is 0 Å². The minimum Gasteiger partial charge on any atom is -0.476 e. The van der Waals surface area contributed by atoms with Crippen molar-refractivity contribution in [2.45, 2.75) is 39.2 Å². The number of aliphatic hydroxyl groups excluding tert-OH is 1. The summed E-state index contributed by atoms with van der Waals surface area (Å²) >= 11 is 0. The van der Waals surface area contributed by atoms with Crippen LogP contribution in [0.2, 0.25) is 0 Å². The summed E-state index contributed by atoms with van der Waals surface area (Å²) in [5.74, 6) is -7.67. The third-order valence-electron chi connectivity index (χ3n) is 4.11. The molecule has 0 aliphatic carbocycles. The number of aliphatic hydroxyl groups is 2. The molecule has 0 heterocycles. The van der Waals surface area contributed by atoms with Gasteiger partial charge in [-0.1, -0.05) is 25.1 Å². The molecule has 28 heavy (non-hydrogen) atoms. The van der Waals surface area contributed by atoms with Crippen LogP contribution in [0.25, 0.3) is 0 Å². The fourth-order valence-electron chi connectivity index (χ4n) is 2.63. The molecule has 0 fully saturated rings. The predicted molar refractivity (Wildman–Crippen MR) is 95.1 cm³/mol. The van der Waals surface area contributed by atoms with Crippen LogP contribution in [0.4, 0.5) is 5.69 Å². The van der Waals surface area contributed by atoms with E-state index in [-0.39, 0.29) is 0 Å². The molecule has 0 saturated carbocycles. The van der Waals surface area contributed by atoms with E-state index in [1.807, 2.05) is 0 Å². The molecule has 0 radical (unpaired) electrons. The summed E-state index contributed by atoms with van der Waals surface area (Å²) in [6, 6.07) is 4.71. The molecule has 0 saturated heterocycles. The van der Waals surface area contributed by atoms with Crippen molar-refractivity contribution in [3.63, 3.8) is 0 Å². The van der Waals surface area contributed by atoms with Crippen LogP contribution in [0.1, 0.15) is 38.7 Å². The van der Waals surface area contributed by atoms with Crippen molar-refractivity contribution in [1.29, 1.82) is 0 Å². The number of ketones is 1. The summed E-state index contributed by atoms with van der Waals surface area (Å²) < 4.78 is 5.10. The average molecular weight is 396 g/mol. The van der Waals surface area contributed by atoms with Crippen LogP contribution in [0.5, 0.6) is 0 Å². The number of nitrogens with zero attached hydrogens (tertiary/aromatic N) is 2. The summed E-state index contributed by atoms with van der Waals surface area (Å²) in [6.45, 7) is 4.18. The van der Waals surface area contributed by atoms with Crippen molar-refractivity contribution in [3.05, 3.63) is 61.7 Å². The third kappa shape index (κ3) is 5.02. The van der Waals surface area contributed by atoms with E-state index in [4.69, 9.17) is 4.74 Å². The third-order valence-corrected chi connectivity index (χ3v) is 4.11. The number of hydrogen-bond donors (Lipinski definition) is 2. The first kappa shape index (κ1) is 22.5. The van der Waals surface area contributed by atoms with Crippen LogP contribution in [0.15, 0.2) is 35.9 Å². The predicted octanol–water partition coefficient (Wildman–Crippen LogP) is 2.79. The van der Waals surface area contributed by atoms with Crippen molar-refractivity contribution >= 4 is 17.4 Å². The highest BCUT2D eigenvalue weighted by Crippen LogP contribution is 2.39. The molecule has 0 amide bonds. The van der Waals surface area contributed by atoms with Gasteiger partial charge >= 0.3 is 17.6 Å². The molecule has 0 spiro atoms. The lowest BCUT2D eigenvalue weighted by Gasteiger charge is -2.23. The Balaban J connectivity index is 3.78. The molecular weight excluding hydrogens is 376 g/mol. The van der Waals surface area contributed by atoms with E-state index in [1.54, 1.807) is 6.92 Å². The quantitative estimate of drug-likeness (QED) is 0.209. The summed E-state index contributed by atoms with van der Waals surface area (Å²) in [6.07, 6.45) is -0.248. The monoisotopic (exact) mass is 396 g/mol. The Morgan fingerprint density at radius 1 is 1.18 bits per heavy atom. The molecule has 0 aliphatic rings. The number of carbonyl (C=O) groups is 2. The van der Waals surface area contributed by atoms with Crippen molar-refractivity contribution < 1.29 is 34.4 Å². The van der Waals surface area contributed by atoms with Gasteiger partial charge in [0.25, 0.3) is 5.69 Å². The van der Waals surface area contributed by atoms with E-state index in [0.29, 0.717) is 6.42 Å². The Bertz CT molecular complexity index is 815. The number of ether oxygens (including phenoxy) is 1. The van der Waals surface area contributed by atoms with Gasteiger partial charge in [-0.3, -0.25) is 29.8 Å². The summed E-state index contributed by atoms with van der Waals surface area (Å²) in [7, 11) is 0. The largest absolute Gasteiger partial charge is 0.476 e. The lowest BCUT2D eigenvalue weighted by atomic mass is 9.80. The minimum absolute atomic E-state index is 0.385. The van der Waals surface area contributed by atoms with Gasteiger partial charge in [-0.15, -0.1) is 0 Å². The van der Waals surface area contributed by atoms with Crippen molar-refractivity contribution in [2.24, 2.45) is 5.92 Å². The zero-order chi connectivity index (χ0) is 21.6. The fourth-order valence-corrected chi connectivity index (χ4v) is 2.63. The number of para-hydroxylation sites is 1. The number of carbonyl (C=O) groups excluding carboxylic acids is 2. The van der Waals surface area contributed by atoms with Crippen LogP contribution in [0, 0.1) is 26.1 Å². The fraction of sp³-hybridized carbons (Fsp3) is 0.412. The van der Waals surface area contributed by atoms with Gasteiger partial charge in [0, 0.05) is 11.6 Å². The van der Waals surface area contributed by atoms with Crippen molar-refractivity contribution in [2.75, 3.05) is 0 Å². The zero-order valence-corrected chi connectivity index (χ0v) is 15.4. The number of nitro benzene ring substituents is 1. The highest BCUT2D eigenvalue weighted by molar-refractivity contribution is 5.99. The molecule has 3 unspecified atom stereocenters. The second-order valence-corrected chi connectivity index (χ2v) is 6.00. The van der Waals surface area contributed by atoms with Gasteiger partial charge in [0.1, 0.15) is 17.6 Å². The maximum atomic E-state index is 12.6. The van der Waals surface area contributed by atoms with Gasteiger partial charge in [0.15, 0.2) is 0 Å². The molecule has 0 aliphatic heterocycles. The van der Waals surface area contributed by atoms with E-state index < -0.39 is 62.4 Å². The normalized spacial score (nSPS) is 13.7. The molecule has 0 aromatic heterocycles. The number of benzene rings is 1. The smallest absolute Gasteiger partial charge is 0.352 e. The SMILES string of the molecule is CCC(C)OC(=O)C(C(C)=O)C(C(=C(O)O)[N+](=O)[O-])c1ccccc1[N+](=O)[O-]. The van der Waals surface area contributed by atoms with E-state index in [9.17, 15) is 40.0 Å². The van der Waals surface area contributed by atoms with E-state index in [0.717, 1.165) is 19.1 Å². The maximum absolute atomic E-state index is 12.6. The molecular formula is C17H20N2O9. The molecule has 0 bridgehead atoms. The number of hydrogen-bond acceptors (Lipinski definition) is 9. The molecule has 11 nitrogen and oxygen atoms in total. The van der Waals surface area contributed by atoms with Crippen molar-refractivity contribution in [3.8, 4) is 0 Å². The number of esters is 1. The topological polar surface area (TPSA) is 170 Å².